The summed E-state index contributed by atoms with van der Waals surface area (Å²) in [5, 5.41) is 7.80. The summed E-state index contributed by atoms with van der Waals surface area (Å²) in [5.74, 6) is 1.69. The lowest BCUT2D eigenvalue weighted by Crippen LogP contribution is -2.01. The fraction of sp³-hybridized carbons (Fsp3) is 0.526. The number of hydrogen-bond donors (Lipinski definition) is 1. The number of rotatable bonds is 12. The van der Waals surface area contributed by atoms with E-state index in [9.17, 15) is 0 Å². The minimum Gasteiger partial charge on any atom is -0.460 e. The van der Waals surface area contributed by atoms with Gasteiger partial charge >= 0.3 is 0 Å². The van der Waals surface area contributed by atoms with Gasteiger partial charge in [0.2, 0.25) is 0 Å². The zero-order valence-corrected chi connectivity index (χ0v) is 14.3. The number of hydrogen-bond acceptors (Lipinski definition) is 3. The van der Waals surface area contributed by atoms with E-state index >= 15 is 0 Å². The topological polar surface area (TPSA) is 43.0 Å². The largest absolute Gasteiger partial charge is 0.460 e. The average molecular weight is 315 g/mol. The lowest BCUT2D eigenvalue weighted by atomic mass is 10.1. The van der Waals surface area contributed by atoms with Crippen LogP contribution in [0.5, 0.6) is 0 Å². The fourth-order valence-corrected chi connectivity index (χ4v) is 2.61. The van der Waals surface area contributed by atoms with Crippen molar-refractivity contribution in [3.63, 3.8) is 0 Å². The van der Waals surface area contributed by atoms with E-state index in [0.717, 1.165) is 23.8 Å². The van der Waals surface area contributed by atoms with Crippen LogP contribution in [0.2, 0.25) is 0 Å². The maximum absolute atomic E-state index is 5.60. The summed E-state index contributed by atoms with van der Waals surface area (Å²) in [4.78, 5) is 0. The van der Waals surface area contributed by atoms with E-state index in [4.69, 9.17) is 4.42 Å². The minimum absolute atomic E-state index is 0.646. The number of nitrogens with zero attached hydrogens (tertiary/aromatic N) is 2. The summed E-state index contributed by atoms with van der Waals surface area (Å²) in [6, 6.07) is 3.88. The Balaban J connectivity index is 1.62. The molecule has 0 aliphatic carbocycles. The fourth-order valence-electron chi connectivity index (χ4n) is 2.61. The van der Waals surface area contributed by atoms with Crippen molar-refractivity contribution in [2.75, 3.05) is 11.9 Å². The number of furan rings is 1. The Bertz CT molecular complexity index is 571. The summed E-state index contributed by atoms with van der Waals surface area (Å²) < 4.78 is 7.49. The predicted molar refractivity (Wildman–Crippen MR) is 96.6 cm³/mol. The Labute approximate surface area is 139 Å². The molecule has 0 spiro atoms. The van der Waals surface area contributed by atoms with Crippen LogP contribution in [-0.2, 0) is 6.54 Å². The van der Waals surface area contributed by atoms with Gasteiger partial charge in [-0.2, -0.15) is 5.10 Å². The Kier molecular flexibility index (Phi) is 7.50. The zero-order chi connectivity index (χ0) is 16.3. The number of anilines is 1. The molecule has 2 aromatic heterocycles. The lowest BCUT2D eigenvalue weighted by molar-refractivity contribution is 0.474. The third kappa shape index (κ3) is 6.35. The maximum atomic E-state index is 5.60. The Hall–Kier alpha value is -1.97. The van der Waals surface area contributed by atoms with Gasteiger partial charge in [-0.05, 0) is 24.6 Å². The normalized spacial score (nSPS) is 10.8. The quantitative estimate of drug-likeness (QED) is 0.538. The van der Waals surface area contributed by atoms with Gasteiger partial charge in [-0.25, -0.2) is 0 Å². The van der Waals surface area contributed by atoms with Crippen LogP contribution in [0.4, 0.5) is 5.69 Å². The molecule has 0 radical (unpaired) electrons. The molecule has 0 bridgehead atoms. The molecule has 0 unspecified atom stereocenters. The smallest absolute Gasteiger partial charge is 0.126 e. The number of unbranched alkanes of at least 4 members (excludes halogenated alkanes) is 6. The van der Waals surface area contributed by atoms with Gasteiger partial charge in [-0.1, -0.05) is 52.0 Å². The number of aromatic nitrogens is 2. The van der Waals surface area contributed by atoms with Gasteiger partial charge in [0, 0.05) is 12.7 Å². The molecule has 4 nitrogen and oxygen atoms in total. The first kappa shape index (κ1) is 17.4. The van der Waals surface area contributed by atoms with Gasteiger partial charge in [0.05, 0.1) is 18.4 Å². The highest BCUT2D eigenvalue weighted by Crippen LogP contribution is 2.12. The van der Waals surface area contributed by atoms with Crippen molar-refractivity contribution in [1.29, 1.82) is 0 Å². The van der Waals surface area contributed by atoms with Gasteiger partial charge in [0.1, 0.15) is 11.5 Å². The third-order valence-electron chi connectivity index (χ3n) is 3.94. The van der Waals surface area contributed by atoms with Crippen LogP contribution in [0.3, 0.4) is 0 Å². The molecule has 0 aliphatic heterocycles. The molecule has 2 rings (SSSR count). The molecular formula is C19H29N3O. The van der Waals surface area contributed by atoms with Crippen molar-refractivity contribution in [2.24, 2.45) is 0 Å². The van der Waals surface area contributed by atoms with Gasteiger partial charge in [0.15, 0.2) is 0 Å². The van der Waals surface area contributed by atoms with Crippen LogP contribution in [0.1, 0.15) is 63.4 Å². The maximum Gasteiger partial charge on any atom is 0.126 e. The van der Waals surface area contributed by atoms with Crippen LogP contribution in [0, 0.1) is 0 Å². The Morgan fingerprint density at radius 3 is 2.70 bits per heavy atom. The molecule has 2 heterocycles. The van der Waals surface area contributed by atoms with Gasteiger partial charge in [0.25, 0.3) is 0 Å². The highest BCUT2D eigenvalue weighted by molar-refractivity contribution is 5.40. The second kappa shape index (κ2) is 9.93. The Morgan fingerprint density at radius 1 is 1.17 bits per heavy atom. The molecular weight excluding hydrogens is 286 g/mol. The van der Waals surface area contributed by atoms with Crippen LogP contribution in [0.15, 0.2) is 35.5 Å². The van der Waals surface area contributed by atoms with Crippen LogP contribution in [-0.4, -0.2) is 16.3 Å². The van der Waals surface area contributed by atoms with E-state index in [0.29, 0.717) is 6.54 Å². The van der Waals surface area contributed by atoms with Crippen LogP contribution >= 0.6 is 0 Å². The highest BCUT2D eigenvalue weighted by Gasteiger charge is 2.03. The monoisotopic (exact) mass is 315 g/mol. The standard InChI is InChI=1S/C19H29N3O/c1-3-5-6-7-8-9-10-13-20-17-14-21-22(15-17)16-19-12-11-18(4-2)23-19/h4,11-12,14-15,20H,2-3,5-10,13,16H2,1H3. The first-order valence-corrected chi connectivity index (χ1v) is 8.79. The van der Waals surface area contributed by atoms with Crippen LogP contribution in [0.25, 0.3) is 6.08 Å². The molecule has 0 atom stereocenters. The zero-order valence-electron chi connectivity index (χ0n) is 14.3. The van der Waals surface area contributed by atoms with E-state index in [-0.39, 0.29) is 0 Å². The van der Waals surface area contributed by atoms with Gasteiger partial charge in [-0.3, -0.25) is 4.68 Å². The first-order valence-electron chi connectivity index (χ1n) is 8.79. The van der Waals surface area contributed by atoms with E-state index < -0.39 is 0 Å². The van der Waals surface area contributed by atoms with Crippen LogP contribution < -0.4 is 5.32 Å². The molecule has 0 aliphatic rings. The molecule has 4 heteroatoms. The summed E-state index contributed by atoms with van der Waals surface area (Å²) in [6.07, 6.45) is 14.9. The molecule has 0 saturated carbocycles. The number of nitrogens with one attached hydrogen (secondary N) is 1. The molecule has 0 aromatic carbocycles. The van der Waals surface area contributed by atoms with Crippen molar-refractivity contribution in [1.82, 2.24) is 9.78 Å². The third-order valence-corrected chi connectivity index (χ3v) is 3.94. The van der Waals surface area contributed by atoms with E-state index in [1.165, 1.54) is 44.9 Å². The second-order valence-electron chi connectivity index (χ2n) is 5.98. The van der Waals surface area contributed by atoms with Crippen molar-refractivity contribution < 1.29 is 4.42 Å². The molecule has 1 N–H and O–H groups in total. The van der Waals surface area contributed by atoms with E-state index in [1.807, 2.05) is 29.2 Å². The minimum atomic E-state index is 0.646. The van der Waals surface area contributed by atoms with Crippen molar-refractivity contribution in [3.05, 3.63) is 42.6 Å². The van der Waals surface area contributed by atoms with Gasteiger partial charge < -0.3 is 9.73 Å². The van der Waals surface area contributed by atoms with Crippen molar-refractivity contribution in [2.45, 2.75) is 58.4 Å². The first-order chi connectivity index (χ1) is 11.3. The summed E-state index contributed by atoms with van der Waals surface area (Å²) in [7, 11) is 0. The highest BCUT2D eigenvalue weighted by atomic mass is 16.3. The molecule has 0 fully saturated rings. The average Bonchev–Trinajstić information content (AvgIpc) is 3.20. The lowest BCUT2D eigenvalue weighted by Gasteiger charge is -2.03. The molecule has 0 amide bonds. The molecule has 2 aromatic rings. The summed E-state index contributed by atoms with van der Waals surface area (Å²) in [6.45, 7) is 7.62. The Morgan fingerprint density at radius 2 is 1.96 bits per heavy atom. The molecule has 0 saturated heterocycles. The summed E-state index contributed by atoms with van der Waals surface area (Å²) in [5.41, 5.74) is 1.08. The predicted octanol–water partition coefficient (Wildman–Crippen LogP) is 5.33. The van der Waals surface area contributed by atoms with E-state index in [2.05, 4.69) is 23.9 Å². The van der Waals surface area contributed by atoms with Crippen molar-refractivity contribution in [3.8, 4) is 0 Å². The second-order valence-corrected chi connectivity index (χ2v) is 5.98. The molecule has 126 valence electrons. The van der Waals surface area contributed by atoms with Crippen molar-refractivity contribution >= 4 is 11.8 Å². The molecule has 23 heavy (non-hydrogen) atoms. The SMILES string of the molecule is C=Cc1ccc(Cn2cc(NCCCCCCCCC)cn2)o1. The summed E-state index contributed by atoms with van der Waals surface area (Å²) >= 11 is 0. The van der Waals surface area contributed by atoms with E-state index in [1.54, 1.807) is 6.08 Å². The van der Waals surface area contributed by atoms with Gasteiger partial charge in [-0.15, -0.1) is 0 Å².